The first-order valence-electron chi connectivity index (χ1n) is 3.52. The van der Waals surface area contributed by atoms with Gasteiger partial charge in [0.05, 0.1) is 5.56 Å². The van der Waals surface area contributed by atoms with Gasteiger partial charge in [0, 0.05) is 14.6 Å². The summed E-state index contributed by atoms with van der Waals surface area (Å²) in [5, 5.41) is 1.40. The molecule has 0 radical (unpaired) electrons. The van der Waals surface area contributed by atoms with Gasteiger partial charge in [0.15, 0.2) is 0 Å². The van der Waals surface area contributed by atoms with Crippen molar-refractivity contribution in [3.8, 4) is 0 Å². The number of rotatable bonds is 1. The fraction of sp³-hybridized carbons (Fsp3) is 0.143. The zero-order valence-corrected chi connectivity index (χ0v) is 10.7. The van der Waals surface area contributed by atoms with E-state index in [2.05, 4.69) is 15.9 Å². The van der Waals surface area contributed by atoms with Crippen LogP contribution in [0, 0.1) is 8.48 Å². The van der Waals surface area contributed by atoms with Crippen LogP contribution in [-0.2, 0) is 6.18 Å². The number of nitrogens with two attached hydrogens (primary N) is 1. The van der Waals surface area contributed by atoms with Gasteiger partial charge in [-0.25, -0.2) is 0 Å². The lowest BCUT2D eigenvalue weighted by molar-refractivity contribution is -0.379. The standard InChI is InChI=1S/C7H3BrF3IN2O/c8-3-1-2(7(9,10)11)4(12)6(14-15)5(3)13/h1H,13H2/p+1. The molecule has 0 saturated heterocycles. The molecule has 8 heteroatoms. The van der Waals surface area contributed by atoms with Gasteiger partial charge in [0.2, 0.25) is 0 Å². The predicted molar refractivity (Wildman–Crippen MR) is 60.3 cm³/mol. The lowest BCUT2D eigenvalue weighted by Gasteiger charge is -2.10. The van der Waals surface area contributed by atoms with Crippen LogP contribution in [0.3, 0.4) is 0 Å². The number of alkyl halides is 3. The van der Waals surface area contributed by atoms with Gasteiger partial charge in [-0.05, 0) is 44.6 Å². The van der Waals surface area contributed by atoms with E-state index in [0.29, 0.717) is 0 Å². The molecule has 0 atom stereocenters. The van der Waals surface area contributed by atoms with Crippen LogP contribution >= 0.6 is 38.5 Å². The Morgan fingerprint density at radius 2 is 2.00 bits per heavy atom. The average molecular weight is 396 g/mol. The molecule has 0 saturated carbocycles. The van der Waals surface area contributed by atoms with Crippen molar-refractivity contribution in [1.82, 2.24) is 0 Å². The molecule has 0 bridgehead atoms. The molecule has 0 unspecified atom stereocenters. The maximum atomic E-state index is 12.5. The molecular formula is C7H4BrF3IN2O+. The summed E-state index contributed by atoms with van der Waals surface area (Å²) in [7, 11) is 0. The highest BCUT2D eigenvalue weighted by Crippen LogP contribution is 2.40. The van der Waals surface area contributed by atoms with Crippen molar-refractivity contribution in [2.75, 3.05) is 5.73 Å². The van der Waals surface area contributed by atoms with Crippen LogP contribution in [0.5, 0.6) is 0 Å². The van der Waals surface area contributed by atoms with E-state index in [1.165, 1.54) is 27.8 Å². The van der Waals surface area contributed by atoms with E-state index in [1.54, 1.807) is 0 Å². The van der Waals surface area contributed by atoms with Crippen LogP contribution in [0.15, 0.2) is 10.5 Å². The summed E-state index contributed by atoms with van der Waals surface area (Å²) in [4.78, 5) is 10.5. The Morgan fingerprint density at radius 3 is 2.40 bits per heavy atom. The largest absolute Gasteiger partial charge is 0.417 e. The predicted octanol–water partition coefficient (Wildman–Crippen LogP) is 2.13. The third-order valence-electron chi connectivity index (χ3n) is 1.66. The minimum atomic E-state index is -4.52. The van der Waals surface area contributed by atoms with E-state index in [0.717, 1.165) is 6.07 Å². The first kappa shape index (κ1) is 12.7. The first-order valence-corrected chi connectivity index (χ1v) is 5.39. The quantitative estimate of drug-likeness (QED) is 0.565. The van der Waals surface area contributed by atoms with Gasteiger partial charge >= 0.3 is 6.18 Å². The zero-order valence-electron chi connectivity index (χ0n) is 6.95. The van der Waals surface area contributed by atoms with Gasteiger partial charge in [-0.15, -0.1) is 0 Å². The minimum Gasteiger partial charge on any atom is -0.392 e. The summed E-state index contributed by atoms with van der Waals surface area (Å²) in [5.74, 6) is 0. The van der Waals surface area contributed by atoms with Gasteiger partial charge in [0.1, 0.15) is 9.26 Å². The number of nitroso groups, excluding NO2 is 1. The number of anilines is 1. The molecule has 82 valence electrons. The molecule has 0 spiro atoms. The monoisotopic (exact) mass is 395 g/mol. The lowest BCUT2D eigenvalue weighted by atomic mass is 10.1. The molecule has 0 aliphatic carbocycles. The van der Waals surface area contributed by atoms with E-state index >= 15 is 0 Å². The number of hydrogen-bond donors (Lipinski definition) is 2. The van der Waals surface area contributed by atoms with Crippen LogP contribution < -0.4 is 10.9 Å². The van der Waals surface area contributed by atoms with E-state index in [-0.39, 0.29) is 19.4 Å². The Balaban J connectivity index is 3.58. The highest BCUT2D eigenvalue weighted by Gasteiger charge is 2.37. The summed E-state index contributed by atoms with van der Waals surface area (Å²) < 4.78 is 37.2. The number of halogens is 5. The number of hydrogen-bond acceptors (Lipinski definition) is 2. The van der Waals surface area contributed by atoms with Crippen molar-refractivity contribution in [2.24, 2.45) is 0 Å². The summed E-state index contributed by atoms with van der Waals surface area (Å²) in [6.45, 7) is 0. The van der Waals surface area contributed by atoms with Crippen LogP contribution in [0.25, 0.3) is 0 Å². The third-order valence-corrected chi connectivity index (χ3v) is 3.44. The first-order chi connectivity index (χ1) is 6.79. The van der Waals surface area contributed by atoms with Crippen molar-refractivity contribution in [1.29, 1.82) is 0 Å². The van der Waals surface area contributed by atoms with E-state index in [1.807, 2.05) is 0 Å². The number of benzene rings is 1. The van der Waals surface area contributed by atoms with Gasteiger partial charge in [-0.3, -0.25) is 0 Å². The maximum Gasteiger partial charge on any atom is 0.417 e. The SMILES string of the molecule is Nc1c(Br)cc(C(F)(F)F)c(I)c1[NH+]=O. The normalized spacial score (nSPS) is 11.5. The third kappa shape index (κ3) is 2.41. The van der Waals surface area contributed by atoms with Crippen molar-refractivity contribution < 1.29 is 18.3 Å². The second kappa shape index (κ2) is 4.24. The topological polar surface area (TPSA) is 57.1 Å². The molecule has 3 N–H and O–H groups in total. The minimum absolute atomic E-state index is 0.0357. The molecule has 0 amide bonds. The van der Waals surface area contributed by atoms with E-state index in [9.17, 15) is 18.1 Å². The molecule has 0 aromatic heterocycles. The zero-order chi connectivity index (χ0) is 11.8. The summed E-state index contributed by atoms with van der Waals surface area (Å²) in [6.07, 6.45) is -4.52. The Labute approximate surface area is 104 Å². The van der Waals surface area contributed by atoms with E-state index < -0.39 is 11.7 Å². The summed E-state index contributed by atoms with van der Waals surface area (Å²) >= 11 is 4.28. The van der Waals surface area contributed by atoms with Crippen molar-refractivity contribution in [2.45, 2.75) is 6.18 Å². The molecule has 1 aromatic rings. The molecule has 0 heterocycles. The summed E-state index contributed by atoms with van der Waals surface area (Å²) in [5.41, 5.74) is 4.22. The maximum absolute atomic E-state index is 12.5. The molecule has 1 aromatic carbocycles. The summed E-state index contributed by atoms with van der Waals surface area (Å²) in [6, 6.07) is 0.845. The van der Waals surface area contributed by atoms with Crippen LogP contribution in [0.1, 0.15) is 5.56 Å². The molecule has 3 nitrogen and oxygen atoms in total. The fourth-order valence-corrected chi connectivity index (χ4v) is 2.24. The second-order valence-electron chi connectivity index (χ2n) is 2.61. The Hall–Kier alpha value is -0.380. The van der Waals surface area contributed by atoms with Crippen molar-refractivity contribution >= 4 is 49.9 Å². The average Bonchev–Trinajstić information content (AvgIpc) is 2.10. The van der Waals surface area contributed by atoms with Crippen LogP contribution in [-0.4, -0.2) is 0 Å². The van der Waals surface area contributed by atoms with Crippen molar-refractivity contribution in [3.63, 3.8) is 0 Å². The van der Waals surface area contributed by atoms with Gasteiger partial charge in [-0.2, -0.15) is 13.2 Å². The number of nitrogens with one attached hydrogen (secondary N) is 1. The van der Waals surface area contributed by atoms with Crippen LogP contribution in [0.2, 0.25) is 0 Å². The molecular weight excluding hydrogens is 392 g/mol. The fourth-order valence-electron chi connectivity index (χ4n) is 0.946. The lowest BCUT2D eigenvalue weighted by Crippen LogP contribution is -2.57. The highest BCUT2D eigenvalue weighted by atomic mass is 127. The highest BCUT2D eigenvalue weighted by molar-refractivity contribution is 14.1. The van der Waals surface area contributed by atoms with Crippen molar-refractivity contribution in [3.05, 3.63) is 24.6 Å². The van der Waals surface area contributed by atoms with Gasteiger partial charge in [0.25, 0.3) is 5.69 Å². The number of nitrogen functional groups attached to an aromatic ring is 1. The molecule has 0 aliphatic rings. The smallest absolute Gasteiger partial charge is 0.392 e. The van der Waals surface area contributed by atoms with E-state index in [4.69, 9.17) is 5.73 Å². The van der Waals surface area contributed by atoms with Gasteiger partial charge < -0.3 is 5.73 Å². The molecule has 0 aliphatic heterocycles. The second-order valence-corrected chi connectivity index (χ2v) is 4.54. The van der Waals surface area contributed by atoms with Gasteiger partial charge in [-0.1, -0.05) is 0 Å². The molecule has 0 fully saturated rings. The molecule has 15 heavy (non-hydrogen) atoms. The Morgan fingerprint density at radius 1 is 1.47 bits per heavy atom. The Bertz CT molecular complexity index is 422. The Kier molecular flexibility index (Phi) is 3.59. The molecule has 1 rings (SSSR count). The van der Waals surface area contributed by atoms with Crippen LogP contribution in [0.4, 0.5) is 24.5 Å².